The molecule has 4 rings (SSSR count). The van der Waals surface area contributed by atoms with Gasteiger partial charge in [-0.15, -0.1) is 0 Å². The van der Waals surface area contributed by atoms with E-state index >= 15 is 0 Å². The SMILES string of the molecule is CC(=O)N1c2ccc(C(=O)NCCO[Si](C)(C)C(C)(C)C)cc2[C@H](Nc2ccc(C#N)cc2F)[C@@H](C)[C@@H]1C1CC1. The highest BCUT2D eigenvalue weighted by molar-refractivity contribution is 6.74. The fraction of sp³-hybridized carbons (Fsp3) is 0.516. The number of hydrogen-bond acceptors (Lipinski definition) is 5. The van der Waals surface area contributed by atoms with E-state index < -0.39 is 14.1 Å². The molecule has 0 saturated heterocycles. The predicted molar refractivity (Wildman–Crippen MR) is 158 cm³/mol. The first kappa shape index (κ1) is 29.8. The Balaban J connectivity index is 1.62. The monoisotopic (exact) mass is 564 g/mol. The number of nitriles is 1. The lowest BCUT2D eigenvalue weighted by Gasteiger charge is -2.46. The Morgan fingerprint density at radius 2 is 1.88 bits per heavy atom. The molecule has 0 unspecified atom stereocenters. The van der Waals surface area contributed by atoms with Crippen LogP contribution in [0.1, 0.15) is 75.0 Å². The highest BCUT2D eigenvalue weighted by Crippen LogP contribution is 2.50. The minimum absolute atomic E-state index is 0.0314. The first-order valence-corrected chi connectivity index (χ1v) is 17.0. The summed E-state index contributed by atoms with van der Waals surface area (Å²) in [6.45, 7) is 15.4. The lowest BCUT2D eigenvalue weighted by Crippen LogP contribution is -2.51. The highest BCUT2D eigenvalue weighted by atomic mass is 28.4. The first-order valence-electron chi connectivity index (χ1n) is 14.1. The number of fused-ring (bicyclic) bond motifs is 1. The van der Waals surface area contributed by atoms with Crippen LogP contribution >= 0.6 is 0 Å². The van der Waals surface area contributed by atoms with E-state index in [-0.39, 0.29) is 46.1 Å². The van der Waals surface area contributed by atoms with Crippen LogP contribution in [-0.2, 0) is 9.22 Å². The van der Waals surface area contributed by atoms with Crippen molar-refractivity contribution in [1.82, 2.24) is 5.32 Å². The van der Waals surface area contributed by atoms with Gasteiger partial charge in [0.25, 0.3) is 5.91 Å². The highest BCUT2D eigenvalue weighted by Gasteiger charge is 2.47. The molecule has 9 heteroatoms. The van der Waals surface area contributed by atoms with Gasteiger partial charge in [0.1, 0.15) is 5.82 Å². The van der Waals surface area contributed by atoms with Gasteiger partial charge in [-0.05, 0) is 78.9 Å². The molecular formula is C31H41FN4O3Si. The number of rotatable bonds is 8. The van der Waals surface area contributed by atoms with Crippen LogP contribution in [0.2, 0.25) is 18.1 Å². The average Bonchev–Trinajstić information content (AvgIpc) is 3.72. The van der Waals surface area contributed by atoms with E-state index in [1.165, 1.54) is 6.07 Å². The molecule has 3 atom stereocenters. The van der Waals surface area contributed by atoms with Crippen LogP contribution in [0.4, 0.5) is 15.8 Å². The number of amides is 2. The van der Waals surface area contributed by atoms with Gasteiger partial charge in [-0.1, -0.05) is 27.7 Å². The van der Waals surface area contributed by atoms with Gasteiger partial charge in [0.15, 0.2) is 8.32 Å². The molecule has 2 aromatic rings. The van der Waals surface area contributed by atoms with Crippen molar-refractivity contribution in [3.63, 3.8) is 0 Å². The summed E-state index contributed by atoms with van der Waals surface area (Å²) in [7, 11) is -1.92. The van der Waals surface area contributed by atoms with E-state index in [1.54, 1.807) is 25.1 Å². The third kappa shape index (κ3) is 6.08. The summed E-state index contributed by atoms with van der Waals surface area (Å²) in [4.78, 5) is 27.9. The third-order valence-corrected chi connectivity index (χ3v) is 13.3. The largest absolute Gasteiger partial charge is 0.415 e. The molecule has 1 saturated carbocycles. The molecule has 2 aliphatic rings. The molecule has 0 spiro atoms. The van der Waals surface area contributed by atoms with Gasteiger partial charge in [0.05, 0.1) is 30.0 Å². The number of nitrogens with zero attached hydrogens (tertiary/aromatic N) is 2. The Labute approximate surface area is 238 Å². The quantitative estimate of drug-likeness (QED) is 0.286. The van der Waals surface area contributed by atoms with Crippen LogP contribution in [-0.4, -0.2) is 39.3 Å². The van der Waals surface area contributed by atoms with Gasteiger partial charge in [-0.25, -0.2) is 4.39 Å². The Morgan fingerprint density at radius 3 is 2.45 bits per heavy atom. The van der Waals surface area contributed by atoms with Crippen LogP contribution in [0.3, 0.4) is 0 Å². The third-order valence-electron chi connectivity index (χ3n) is 8.76. The van der Waals surface area contributed by atoms with Crippen molar-refractivity contribution in [2.75, 3.05) is 23.4 Å². The van der Waals surface area contributed by atoms with Gasteiger partial charge in [0, 0.05) is 36.7 Å². The summed E-state index contributed by atoms with van der Waals surface area (Å²) in [5.74, 6) is -0.453. The average molecular weight is 565 g/mol. The summed E-state index contributed by atoms with van der Waals surface area (Å²) < 4.78 is 21.1. The zero-order chi connectivity index (χ0) is 29.4. The van der Waals surface area contributed by atoms with E-state index in [9.17, 15) is 14.0 Å². The van der Waals surface area contributed by atoms with Crippen LogP contribution < -0.4 is 15.5 Å². The number of benzene rings is 2. The van der Waals surface area contributed by atoms with Gasteiger partial charge in [0.2, 0.25) is 5.91 Å². The zero-order valence-electron chi connectivity index (χ0n) is 24.6. The van der Waals surface area contributed by atoms with E-state index in [0.717, 1.165) is 24.1 Å². The summed E-state index contributed by atoms with van der Waals surface area (Å²) in [6, 6.07) is 11.4. The van der Waals surface area contributed by atoms with E-state index in [1.807, 2.05) is 23.1 Å². The second-order valence-electron chi connectivity index (χ2n) is 12.6. The minimum atomic E-state index is -1.92. The second kappa shape index (κ2) is 11.3. The molecule has 1 fully saturated rings. The van der Waals surface area contributed by atoms with Crippen molar-refractivity contribution in [2.24, 2.45) is 11.8 Å². The summed E-state index contributed by atoms with van der Waals surface area (Å²) in [5, 5.41) is 15.6. The summed E-state index contributed by atoms with van der Waals surface area (Å²) in [5.41, 5.74) is 2.51. The van der Waals surface area contributed by atoms with Crippen molar-refractivity contribution < 1.29 is 18.4 Å². The molecular weight excluding hydrogens is 523 g/mol. The Bertz CT molecular complexity index is 1330. The topological polar surface area (TPSA) is 94.5 Å². The lowest BCUT2D eigenvalue weighted by molar-refractivity contribution is -0.117. The van der Waals surface area contributed by atoms with Crippen LogP contribution in [0, 0.1) is 29.0 Å². The van der Waals surface area contributed by atoms with Crippen molar-refractivity contribution in [3.05, 3.63) is 58.9 Å². The number of halogens is 1. The van der Waals surface area contributed by atoms with Crippen molar-refractivity contribution >= 4 is 31.5 Å². The van der Waals surface area contributed by atoms with Crippen LogP contribution in [0.15, 0.2) is 36.4 Å². The Morgan fingerprint density at radius 1 is 1.18 bits per heavy atom. The van der Waals surface area contributed by atoms with Gasteiger partial charge in [-0.3, -0.25) is 9.59 Å². The fourth-order valence-electron chi connectivity index (χ4n) is 5.37. The second-order valence-corrected chi connectivity index (χ2v) is 17.5. The van der Waals surface area contributed by atoms with E-state index in [4.69, 9.17) is 9.69 Å². The fourth-order valence-corrected chi connectivity index (χ4v) is 6.41. The van der Waals surface area contributed by atoms with E-state index in [2.05, 4.69) is 51.4 Å². The Hall–Kier alpha value is -3.22. The molecule has 1 aliphatic carbocycles. The lowest BCUT2D eigenvalue weighted by atomic mass is 9.79. The summed E-state index contributed by atoms with van der Waals surface area (Å²) in [6.07, 6.45) is 2.09. The smallest absolute Gasteiger partial charge is 0.251 e. The molecule has 1 aliphatic heterocycles. The van der Waals surface area contributed by atoms with Gasteiger partial charge < -0.3 is 20.0 Å². The Kier molecular flexibility index (Phi) is 8.43. The number of hydrogen-bond donors (Lipinski definition) is 2. The zero-order valence-corrected chi connectivity index (χ0v) is 25.6. The number of anilines is 2. The van der Waals surface area contributed by atoms with Crippen LogP contribution in [0.5, 0.6) is 0 Å². The van der Waals surface area contributed by atoms with Crippen molar-refractivity contribution in [1.29, 1.82) is 5.26 Å². The molecule has 0 bridgehead atoms. The molecule has 1 heterocycles. The van der Waals surface area contributed by atoms with Gasteiger partial charge >= 0.3 is 0 Å². The molecule has 2 aromatic carbocycles. The van der Waals surface area contributed by atoms with Crippen molar-refractivity contribution in [2.45, 2.75) is 77.7 Å². The maximum absolute atomic E-state index is 15.0. The summed E-state index contributed by atoms with van der Waals surface area (Å²) >= 11 is 0. The minimum Gasteiger partial charge on any atom is -0.415 e. The standard InChI is InChI=1S/C31H41FN4O3Si/c1-19-28(35-26-12-8-21(18-33)16-25(26)32)24-17-23(30(38)34-14-15-39-40(6,7)31(3,4)5)11-13-27(24)36(20(2)37)29(19)22-9-10-22/h8,11-13,16-17,19,22,28-29,35H,9-10,14-15H2,1-7H3,(H,34,38)/t19-,28-,29-/m1/s1. The molecule has 214 valence electrons. The molecule has 2 N–H and O–H groups in total. The van der Waals surface area contributed by atoms with Crippen LogP contribution in [0.25, 0.3) is 0 Å². The number of carbonyl (C=O) groups is 2. The maximum Gasteiger partial charge on any atom is 0.251 e. The number of carbonyl (C=O) groups excluding carboxylic acids is 2. The maximum atomic E-state index is 15.0. The molecule has 2 amide bonds. The molecule has 40 heavy (non-hydrogen) atoms. The molecule has 0 aromatic heterocycles. The van der Waals surface area contributed by atoms with E-state index in [0.29, 0.717) is 24.6 Å². The normalized spacial score (nSPS) is 20.9. The first-order chi connectivity index (χ1) is 18.7. The molecule has 0 radical (unpaired) electrons. The van der Waals surface area contributed by atoms with Crippen molar-refractivity contribution in [3.8, 4) is 6.07 Å². The molecule has 7 nitrogen and oxygen atoms in total. The van der Waals surface area contributed by atoms with Gasteiger partial charge in [-0.2, -0.15) is 5.26 Å². The predicted octanol–water partition coefficient (Wildman–Crippen LogP) is 6.38. The number of nitrogens with one attached hydrogen (secondary N) is 2.